The van der Waals surface area contributed by atoms with E-state index in [-0.39, 0.29) is 55.1 Å². The van der Waals surface area contributed by atoms with Crippen molar-refractivity contribution in [2.24, 2.45) is 4.99 Å². The first-order chi connectivity index (χ1) is 12.1. The van der Waals surface area contributed by atoms with Crippen molar-refractivity contribution in [2.45, 2.75) is 20.0 Å². The van der Waals surface area contributed by atoms with Gasteiger partial charge in [-0.1, -0.05) is 0 Å². The summed E-state index contributed by atoms with van der Waals surface area (Å²) in [5.74, 6) is -0.326. The Hall–Kier alpha value is -2.17. The third-order valence-electron chi connectivity index (χ3n) is 3.22. The highest BCUT2D eigenvalue weighted by atomic mass is 127. The second-order valence-corrected chi connectivity index (χ2v) is 5.14. The van der Waals surface area contributed by atoms with E-state index in [1.807, 2.05) is 6.92 Å². The fourth-order valence-corrected chi connectivity index (χ4v) is 2.00. The average Bonchev–Trinajstić information content (AvgIpc) is 3.11. The zero-order chi connectivity index (χ0) is 18.1. The van der Waals surface area contributed by atoms with Crippen LogP contribution in [-0.2, 0) is 17.9 Å². The predicted molar refractivity (Wildman–Crippen MR) is 105 cm³/mol. The molecule has 1 amide bonds. The molecular weight excluding hydrogens is 457 g/mol. The van der Waals surface area contributed by atoms with Crippen molar-refractivity contribution in [3.05, 3.63) is 59.6 Å². The molecule has 0 radical (unpaired) electrons. The lowest BCUT2D eigenvalue weighted by Crippen LogP contribution is -2.43. The topological polar surface area (TPSA) is 78.7 Å². The van der Waals surface area contributed by atoms with Crippen LogP contribution in [-0.4, -0.2) is 25.0 Å². The van der Waals surface area contributed by atoms with E-state index < -0.39 is 11.6 Å². The molecule has 0 aliphatic carbocycles. The molecular formula is C17H21F2IN4O2. The minimum Gasteiger partial charge on any atom is -0.467 e. The van der Waals surface area contributed by atoms with E-state index in [1.54, 1.807) is 12.1 Å². The molecule has 9 heteroatoms. The van der Waals surface area contributed by atoms with Crippen LogP contribution in [0.3, 0.4) is 0 Å². The van der Waals surface area contributed by atoms with Gasteiger partial charge < -0.3 is 20.4 Å². The number of hydrogen-bond donors (Lipinski definition) is 3. The lowest BCUT2D eigenvalue weighted by Gasteiger charge is -2.11. The number of carbonyl (C=O) groups is 1. The van der Waals surface area contributed by atoms with Gasteiger partial charge in [-0.05, 0) is 37.3 Å². The monoisotopic (exact) mass is 478 g/mol. The van der Waals surface area contributed by atoms with Crippen molar-refractivity contribution in [1.29, 1.82) is 0 Å². The van der Waals surface area contributed by atoms with Crippen LogP contribution >= 0.6 is 24.0 Å². The molecule has 0 aliphatic rings. The molecule has 0 fully saturated rings. The summed E-state index contributed by atoms with van der Waals surface area (Å²) >= 11 is 0. The van der Waals surface area contributed by atoms with Crippen molar-refractivity contribution >= 4 is 35.8 Å². The van der Waals surface area contributed by atoms with Gasteiger partial charge in [0.25, 0.3) is 0 Å². The Morgan fingerprint density at radius 3 is 2.69 bits per heavy atom. The van der Waals surface area contributed by atoms with Gasteiger partial charge in [0, 0.05) is 12.1 Å². The van der Waals surface area contributed by atoms with E-state index in [0.29, 0.717) is 18.3 Å². The van der Waals surface area contributed by atoms with Crippen molar-refractivity contribution in [2.75, 3.05) is 13.1 Å². The third kappa shape index (κ3) is 7.38. The van der Waals surface area contributed by atoms with E-state index in [9.17, 15) is 13.6 Å². The van der Waals surface area contributed by atoms with Gasteiger partial charge in [-0.25, -0.2) is 13.8 Å². The number of benzene rings is 1. The van der Waals surface area contributed by atoms with E-state index in [4.69, 9.17) is 4.42 Å². The quantitative estimate of drug-likeness (QED) is 0.325. The first kappa shape index (κ1) is 21.9. The molecule has 0 saturated carbocycles. The number of halogens is 3. The molecule has 1 heterocycles. The van der Waals surface area contributed by atoms with Gasteiger partial charge in [0.05, 0.1) is 25.9 Å². The van der Waals surface area contributed by atoms with Gasteiger partial charge in [0.2, 0.25) is 5.91 Å². The highest BCUT2D eigenvalue weighted by Crippen LogP contribution is 2.10. The van der Waals surface area contributed by atoms with Crippen LogP contribution in [0.25, 0.3) is 0 Å². The molecule has 2 aromatic rings. The SMILES string of the molecule is CCNC(=NCc1cc(F)ccc1F)NCC(=O)NCc1ccco1.I. The zero-order valence-corrected chi connectivity index (χ0v) is 16.6. The molecule has 6 nitrogen and oxygen atoms in total. The standard InChI is InChI=1S/C17H20F2N4O2.HI/c1-2-20-17(22-9-12-8-13(18)5-6-15(12)19)23-11-16(24)21-10-14-4-3-7-25-14;/h3-8H,2,9-11H2,1H3,(H,21,24)(H2,20,22,23);1H. The van der Waals surface area contributed by atoms with Gasteiger partial charge in [-0.2, -0.15) is 0 Å². The fraction of sp³-hybridized carbons (Fsp3) is 0.294. The number of carbonyl (C=O) groups excluding carboxylic acids is 1. The number of furan rings is 1. The molecule has 0 saturated heterocycles. The van der Waals surface area contributed by atoms with Gasteiger partial charge in [-0.3, -0.25) is 4.79 Å². The minimum atomic E-state index is -0.530. The summed E-state index contributed by atoms with van der Waals surface area (Å²) < 4.78 is 31.9. The number of hydrogen-bond acceptors (Lipinski definition) is 3. The normalized spacial score (nSPS) is 10.8. The van der Waals surface area contributed by atoms with Crippen molar-refractivity contribution in [1.82, 2.24) is 16.0 Å². The number of nitrogens with one attached hydrogen (secondary N) is 3. The minimum absolute atomic E-state index is 0. The summed E-state index contributed by atoms with van der Waals surface area (Å²) in [7, 11) is 0. The van der Waals surface area contributed by atoms with Gasteiger partial charge >= 0.3 is 0 Å². The molecule has 2 rings (SSSR count). The smallest absolute Gasteiger partial charge is 0.239 e. The Labute approximate surface area is 167 Å². The van der Waals surface area contributed by atoms with Crippen LogP contribution in [0.15, 0.2) is 46.0 Å². The Morgan fingerprint density at radius 1 is 1.19 bits per heavy atom. The van der Waals surface area contributed by atoms with Crippen LogP contribution in [0, 0.1) is 11.6 Å². The summed E-state index contributed by atoms with van der Waals surface area (Å²) in [5.41, 5.74) is 0.138. The van der Waals surface area contributed by atoms with Crippen molar-refractivity contribution in [3.63, 3.8) is 0 Å². The Bertz CT molecular complexity index is 724. The second-order valence-electron chi connectivity index (χ2n) is 5.14. The molecule has 0 atom stereocenters. The van der Waals surface area contributed by atoms with Crippen LogP contribution in [0.5, 0.6) is 0 Å². The number of amides is 1. The molecule has 1 aromatic carbocycles. The zero-order valence-electron chi connectivity index (χ0n) is 14.2. The Morgan fingerprint density at radius 2 is 2.00 bits per heavy atom. The molecule has 0 bridgehead atoms. The summed E-state index contributed by atoms with van der Waals surface area (Å²) in [6, 6.07) is 6.70. The maximum absolute atomic E-state index is 13.6. The first-order valence-corrected chi connectivity index (χ1v) is 7.83. The molecule has 3 N–H and O–H groups in total. The second kappa shape index (κ2) is 11.4. The number of aliphatic imine (C=N–C) groups is 1. The van der Waals surface area contributed by atoms with Crippen LogP contribution < -0.4 is 16.0 Å². The Kier molecular flexibility index (Phi) is 9.63. The molecule has 0 aliphatic heterocycles. The van der Waals surface area contributed by atoms with Crippen LogP contribution in [0.2, 0.25) is 0 Å². The van der Waals surface area contributed by atoms with Gasteiger partial charge in [0.1, 0.15) is 17.4 Å². The van der Waals surface area contributed by atoms with E-state index in [0.717, 1.165) is 18.2 Å². The van der Waals surface area contributed by atoms with E-state index >= 15 is 0 Å². The molecule has 0 unspecified atom stereocenters. The third-order valence-corrected chi connectivity index (χ3v) is 3.22. The molecule has 142 valence electrons. The van der Waals surface area contributed by atoms with Crippen molar-refractivity contribution in [3.8, 4) is 0 Å². The first-order valence-electron chi connectivity index (χ1n) is 7.83. The highest BCUT2D eigenvalue weighted by Gasteiger charge is 2.06. The lowest BCUT2D eigenvalue weighted by molar-refractivity contribution is -0.120. The lowest BCUT2D eigenvalue weighted by atomic mass is 10.2. The molecule has 0 spiro atoms. The average molecular weight is 478 g/mol. The summed E-state index contributed by atoms with van der Waals surface area (Å²) in [6.45, 7) is 2.64. The summed E-state index contributed by atoms with van der Waals surface area (Å²) in [6.07, 6.45) is 1.53. The van der Waals surface area contributed by atoms with Crippen molar-refractivity contribution < 1.29 is 18.0 Å². The fourth-order valence-electron chi connectivity index (χ4n) is 2.00. The highest BCUT2D eigenvalue weighted by molar-refractivity contribution is 14.0. The predicted octanol–water partition coefficient (Wildman–Crippen LogP) is 2.55. The number of rotatable bonds is 7. The van der Waals surface area contributed by atoms with Crippen LogP contribution in [0.1, 0.15) is 18.2 Å². The van der Waals surface area contributed by atoms with Gasteiger partial charge in [-0.15, -0.1) is 24.0 Å². The van der Waals surface area contributed by atoms with Crippen LogP contribution in [0.4, 0.5) is 8.78 Å². The summed E-state index contributed by atoms with van der Waals surface area (Å²) in [5, 5.41) is 8.46. The Balaban J connectivity index is 0.00000338. The number of guanidine groups is 1. The summed E-state index contributed by atoms with van der Waals surface area (Å²) in [4.78, 5) is 16.0. The van der Waals surface area contributed by atoms with Gasteiger partial charge in [0.15, 0.2) is 5.96 Å². The largest absolute Gasteiger partial charge is 0.467 e. The number of nitrogens with zero attached hydrogens (tertiary/aromatic N) is 1. The van der Waals surface area contributed by atoms with E-state index in [1.165, 1.54) is 6.26 Å². The van der Waals surface area contributed by atoms with E-state index in [2.05, 4.69) is 20.9 Å². The molecule has 1 aromatic heterocycles. The maximum Gasteiger partial charge on any atom is 0.239 e. The maximum atomic E-state index is 13.6. The molecule has 26 heavy (non-hydrogen) atoms.